The van der Waals surface area contributed by atoms with Gasteiger partial charge in [0.25, 0.3) is 5.91 Å². The third-order valence-electron chi connectivity index (χ3n) is 5.24. The minimum atomic E-state index is -0.261. The van der Waals surface area contributed by atoms with Crippen LogP contribution in [-0.4, -0.2) is 40.1 Å². The number of aromatic nitrogens is 2. The smallest absolute Gasteiger partial charge is 0.321 e. The van der Waals surface area contributed by atoms with Crippen LogP contribution in [0.2, 0.25) is 5.02 Å². The number of hydrogen-bond acceptors (Lipinski definition) is 5. The van der Waals surface area contributed by atoms with E-state index in [1.165, 1.54) is 11.3 Å². The second-order valence-corrected chi connectivity index (χ2v) is 8.86. The number of para-hydroxylation sites is 1. The zero-order valence-corrected chi connectivity index (χ0v) is 18.5. The van der Waals surface area contributed by atoms with Gasteiger partial charge in [0.1, 0.15) is 5.01 Å². The van der Waals surface area contributed by atoms with Crippen molar-refractivity contribution in [2.75, 3.05) is 23.7 Å². The number of urea groups is 1. The Morgan fingerprint density at radius 3 is 2.55 bits per heavy atom. The van der Waals surface area contributed by atoms with Crippen molar-refractivity contribution in [3.05, 3.63) is 69.1 Å². The van der Waals surface area contributed by atoms with E-state index in [9.17, 15) is 9.59 Å². The molecule has 1 aliphatic heterocycles. The first-order valence-corrected chi connectivity index (χ1v) is 11.2. The van der Waals surface area contributed by atoms with Crippen molar-refractivity contribution in [1.82, 2.24) is 15.1 Å². The summed E-state index contributed by atoms with van der Waals surface area (Å²) in [6, 6.07) is 14.6. The molecule has 0 atom stereocenters. The van der Waals surface area contributed by atoms with Crippen molar-refractivity contribution in [1.29, 1.82) is 0 Å². The lowest BCUT2D eigenvalue weighted by molar-refractivity contribution is 0.102. The van der Waals surface area contributed by atoms with Crippen LogP contribution in [0.4, 0.5) is 16.2 Å². The summed E-state index contributed by atoms with van der Waals surface area (Å²) in [6.07, 6.45) is 1.55. The number of hydrogen-bond donors (Lipinski definition) is 2. The molecule has 0 radical (unpaired) electrons. The Labute approximate surface area is 189 Å². The van der Waals surface area contributed by atoms with Crippen molar-refractivity contribution in [3.8, 4) is 0 Å². The van der Waals surface area contributed by atoms with Crippen molar-refractivity contribution in [3.63, 3.8) is 0 Å². The highest BCUT2D eigenvalue weighted by Crippen LogP contribution is 2.31. The molecule has 3 aromatic rings. The number of benzene rings is 2. The van der Waals surface area contributed by atoms with Crippen LogP contribution in [0.15, 0.2) is 48.5 Å². The van der Waals surface area contributed by atoms with Gasteiger partial charge in [-0.25, -0.2) is 4.79 Å². The molecule has 9 heteroatoms. The summed E-state index contributed by atoms with van der Waals surface area (Å²) in [5.74, 6) is -0.0728. The van der Waals surface area contributed by atoms with E-state index in [1.54, 1.807) is 17.0 Å². The van der Waals surface area contributed by atoms with Gasteiger partial charge in [0.15, 0.2) is 0 Å². The standard InChI is InChI=1S/C22H22ClN5O2S/c1-14-7-8-16(23)13-18(14)25-22(30)28-11-9-15(10-12-28)20-26-27-21(31-20)19(29)24-17-5-3-2-4-6-17/h2-8,13,15H,9-12H2,1H3,(H,24,29)(H,25,30). The first-order chi connectivity index (χ1) is 15.0. The van der Waals surface area contributed by atoms with Crippen molar-refractivity contribution < 1.29 is 9.59 Å². The van der Waals surface area contributed by atoms with E-state index >= 15 is 0 Å². The maximum atomic E-state index is 12.6. The van der Waals surface area contributed by atoms with Gasteiger partial charge in [0, 0.05) is 35.4 Å². The Bertz CT molecular complexity index is 1080. The molecule has 2 heterocycles. The molecular weight excluding hydrogens is 434 g/mol. The average molecular weight is 456 g/mol. The number of carbonyl (C=O) groups is 2. The number of likely N-dealkylation sites (tertiary alicyclic amines) is 1. The Kier molecular flexibility index (Phi) is 6.48. The van der Waals surface area contributed by atoms with Gasteiger partial charge in [-0.15, -0.1) is 10.2 Å². The number of aryl methyl sites for hydroxylation is 1. The lowest BCUT2D eigenvalue weighted by Crippen LogP contribution is -2.40. The third kappa shape index (κ3) is 5.21. The molecular formula is C22H22ClN5O2S. The summed E-state index contributed by atoms with van der Waals surface area (Å²) in [7, 11) is 0. The number of carbonyl (C=O) groups excluding carboxylic acids is 2. The minimum absolute atomic E-state index is 0.135. The van der Waals surface area contributed by atoms with Gasteiger partial charge in [0.05, 0.1) is 0 Å². The summed E-state index contributed by atoms with van der Waals surface area (Å²) in [4.78, 5) is 26.8. The highest BCUT2D eigenvalue weighted by Gasteiger charge is 2.27. The molecule has 1 aromatic heterocycles. The van der Waals surface area contributed by atoms with Crippen LogP contribution >= 0.6 is 22.9 Å². The summed E-state index contributed by atoms with van der Waals surface area (Å²) in [6.45, 7) is 3.15. The summed E-state index contributed by atoms with van der Waals surface area (Å²) >= 11 is 7.35. The second-order valence-electron chi connectivity index (χ2n) is 7.42. The van der Waals surface area contributed by atoms with Crippen LogP contribution in [0.1, 0.15) is 39.1 Å². The van der Waals surface area contributed by atoms with E-state index < -0.39 is 0 Å². The van der Waals surface area contributed by atoms with E-state index in [2.05, 4.69) is 20.8 Å². The molecule has 31 heavy (non-hydrogen) atoms. The fourth-order valence-electron chi connectivity index (χ4n) is 3.45. The van der Waals surface area contributed by atoms with Crippen LogP contribution in [0, 0.1) is 6.92 Å². The van der Waals surface area contributed by atoms with Crippen LogP contribution in [0.5, 0.6) is 0 Å². The van der Waals surface area contributed by atoms with E-state index in [0.717, 1.165) is 34.8 Å². The number of piperidine rings is 1. The van der Waals surface area contributed by atoms with Gasteiger partial charge in [-0.1, -0.05) is 47.2 Å². The summed E-state index contributed by atoms with van der Waals surface area (Å²) in [5.41, 5.74) is 2.40. The maximum Gasteiger partial charge on any atom is 0.321 e. The normalized spacial score (nSPS) is 14.3. The van der Waals surface area contributed by atoms with Crippen LogP contribution in [0.25, 0.3) is 0 Å². The average Bonchev–Trinajstić information content (AvgIpc) is 3.28. The molecule has 4 rings (SSSR count). The molecule has 0 bridgehead atoms. The number of rotatable bonds is 4. The van der Waals surface area contributed by atoms with Crippen molar-refractivity contribution in [2.24, 2.45) is 0 Å². The van der Waals surface area contributed by atoms with Crippen molar-refractivity contribution in [2.45, 2.75) is 25.7 Å². The molecule has 0 aliphatic carbocycles. The molecule has 3 amide bonds. The fourth-order valence-corrected chi connectivity index (χ4v) is 4.53. The van der Waals surface area contributed by atoms with E-state index in [0.29, 0.717) is 23.1 Å². The predicted molar refractivity (Wildman–Crippen MR) is 123 cm³/mol. The number of nitrogens with zero attached hydrogens (tertiary/aromatic N) is 3. The Morgan fingerprint density at radius 2 is 1.81 bits per heavy atom. The van der Waals surface area contributed by atoms with Gasteiger partial charge in [0.2, 0.25) is 5.01 Å². The number of nitrogens with one attached hydrogen (secondary N) is 2. The summed E-state index contributed by atoms with van der Waals surface area (Å²) in [5, 5.41) is 15.8. The van der Waals surface area contributed by atoms with Crippen LogP contribution < -0.4 is 10.6 Å². The zero-order valence-electron chi connectivity index (χ0n) is 17.0. The van der Waals surface area contributed by atoms with E-state index in [-0.39, 0.29) is 17.9 Å². The molecule has 2 N–H and O–H groups in total. The van der Waals surface area contributed by atoms with E-state index in [1.807, 2.05) is 43.3 Å². The monoisotopic (exact) mass is 455 g/mol. The topological polar surface area (TPSA) is 87.2 Å². The van der Waals surface area contributed by atoms with Gasteiger partial charge in [-0.2, -0.15) is 0 Å². The highest BCUT2D eigenvalue weighted by atomic mass is 35.5. The second kappa shape index (κ2) is 9.45. The van der Waals surface area contributed by atoms with E-state index in [4.69, 9.17) is 11.6 Å². The largest absolute Gasteiger partial charge is 0.324 e. The molecule has 160 valence electrons. The van der Waals surface area contributed by atoms with Gasteiger partial charge in [-0.3, -0.25) is 4.79 Å². The lowest BCUT2D eigenvalue weighted by atomic mass is 9.98. The van der Waals surface area contributed by atoms with Gasteiger partial charge < -0.3 is 15.5 Å². The Balaban J connectivity index is 1.32. The van der Waals surface area contributed by atoms with Gasteiger partial charge in [-0.05, 0) is 49.6 Å². The van der Waals surface area contributed by atoms with Crippen LogP contribution in [-0.2, 0) is 0 Å². The molecule has 0 saturated carbocycles. The predicted octanol–water partition coefficient (Wildman–Crippen LogP) is 5.16. The molecule has 7 nitrogen and oxygen atoms in total. The first-order valence-electron chi connectivity index (χ1n) is 10.0. The highest BCUT2D eigenvalue weighted by molar-refractivity contribution is 7.13. The van der Waals surface area contributed by atoms with Gasteiger partial charge >= 0.3 is 6.03 Å². The number of halogens is 1. The Hall–Kier alpha value is -2.97. The fraction of sp³-hybridized carbons (Fsp3) is 0.273. The Morgan fingerprint density at radius 1 is 1.06 bits per heavy atom. The van der Waals surface area contributed by atoms with Crippen molar-refractivity contribution >= 4 is 46.3 Å². The molecule has 1 aliphatic rings. The lowest BCUT2D eigenvalue weighted by Gasteiger charge is -2.31. The number of amides is 3. The molecule has 2 aromatic carbocycles. The first kappa shape index (κ1) is 21.3. The zero-order chi connectivity index (χ0) is 21.8. The SMILES string of the molecule is Cc1ccc(Cl)cc1NC(=O)N1CCC(c2nnc(C(=O)Nc3ccccc3)s2)CC1. The minimum Gasteiger partial charge on any atom is -0.324 e. The molecule has 0 unspecified atom stereocenters. The molecule has 0 spiro atoms. The third-order valence-corrected chi connectivity index (χ3v) is 6.56. The molecule has 1 saturated heterocycles. The number of anilines is 2. The summed E-state index contributed by atoms with van der Waals surface area (Å²) < 4.78 is 0. The van der Waals surface area contributed by atoms with Crippen LogP contribution in [0.3, 0.4) is 0 Å². The maximum absolute atomic E-state index is 12.6. The molecule has 1 fully saturated rings. The quantitative estimate of drug-likeness (QED) is 0.568.